The van der Waals surface area contributed by atoms with Gasteiger partial charge in [-0.25, -0.2) is 4.98 Å². The molecule has 0 aromatic carbocycles. The van der Waals surface area contributed by atoms with E-state index < -0.39 is 0 Å². The minimum atomic E-state index is -0.108. The number of aromatic nitrogens is 2. The zero-order chi connectivity index (χ0) is 16.4. The summed E-state index contributed by atoms with van der Waals surface area (Å²) in [6.45, 7) is 1.45. The van der Waals surface area contributed by atoms with E-state index in [1.807, 2.05) is 18.2 Å². The van der Waals surface area contributed by atoms with Crippen LogP contribution in [0.15, 0.2) is 48.9 Å². The Morgan fingerprint density at radius 1 is 1.25 bits per heavy atom. The fraction of sp³-hybridized carbons (Fsp3) is 0.389. The van der Waals surface area contributed by atoms with Crippen LogP contribution >= 0.6 is 0 Å². The molecule has 3 atom stereocenters. The van der Waals surface area contributed by atoms with Crippen molar-refractivity contribution >= 4 is 11.7 Å². The van der Waals surface area contributed by atoms with E-state index in [-0.39, 0.29) is 24.1 Å². The topological polar surface area (TPSA) is 67.4 Å². The maximum Gasteiger partial charge on any atom is 0.253 e. The van der Waals surface area contributed by atoms with Crippen molar-refractivity contribution in [1.29, 1.82) is 0 Å². The number of anilines is 1. The fourth-order valence-corrected chi connectivity index (χ4v) is 3.62. The van der Waals surface area contributed by atoms with Crippen LogP contribution in [0.3, 0.4) is 0 Å². The van der Waals surface area contributed by atoms with Gasteiger partial charge in [-0.1, -0.05) is 6.07 Å². The number of pyridine rings is 2. The molecule has 2 saturated heterocycles. The van der Waals surface area contributed by atoms with E-state index in [0.29, 0.717) is 12.1 Å². The highest BCUT2D eigenvalue weighted by molar-refractivity contribution is 5.94. The molecule has 24 heavy (non-hydrogen) atoms. The minimum Gasteiger partial charge on any atom is -0.374 e. The number of carbonyl (C=O) groups excluding carboxylic acids is 1. The standard InChI is InChI=1S/C18H20N4O2/c23-18(13-5-3-8-19-11-13)21-14-12-22(16-7-1-2-9-20-16)15-6-4-10-24-17(14)15/h1-3,5,7-9,11,14-15,17H,4,6,10,12H2,(H,21,23)/t14-,15-,17-/m1/s1. The molecule has 0 aliphatic carbocycles. The van der Waals surface area contributed by atoms with Crippen LogP contribution in [0.2, 0.25) is 0 Å². The summed E-state index contributed by atoms with van der Waals surface area (Å²) in [4.78, 5) is 23.2. The van der Waals surface area contributed by atoms with Crippen LogP contribution in [-0.4, -0.2) is 47.2 Å². The number of carbonyl (C=O) groups is 1. The largest absolute Gasteiger partial charge is 0.374 e. The molecule has 2 fully saturated rings. The van der Waals surface area contributed by atoms with E-state index in [9.17, 15) is 4.79 Å². The molecule has 2 aliphatic heterocycles. The number of nitrogens with zero attached hydrogens (tertiary/aromatic N) is 3. The van der Waals surface area contributed by atoms with Crippen LogP contribution in [0.25, 0.3) is 0 Å². The Balaban J connectivity index is 1.54. The second kappa shape index (κ2) is 6.57. The van der Waals surface area contributed by atoms with E-state index in [1.54, 1.807) is 30.7 Å². The average Bonchev–Trinajstić information content (AvgIpc) is 3.02. The summed E-state index contributed by atoms with van der Waals surface area (Å²) < 4.78 is 6.00. The lowest BCUT2D eigenvalue weighted by Crippen LogP contribution is -2.47. The van der Waals surface area contributed by atoms with Gasteiger partial charge in [0, 0.05) is 31.7 Å². The molecule has 4 rings (SSSR count). The summed E-state index contributed by atoms with van der Waals surface area (Å²) in [5.41, 5.74) is 0.571. The van der Waals surface area contributed by atoms with Crippen LogP contribution in [-0.2, 0) is 4.74 Å². The molecule has 0 saturated carbocycles. The van der Waals surface area contributed by atoms with Gasteiger partial charge >= 0.3 is 0 Å². The lowest BCUT2D eigenvalue weighted by molar-refractivity contribution is 0.000691. The Morgan fingerprint density at radius 3 is 3.00 bits per heavy atom. The van der Waals surface area contributed by atoms with Crippen molar-refractivity contribution < 1.29 is 9.53 Å². The molecular formula is C18H20N4O2. The van der Waals surface area contributed by atoms with Gasteiger partial charge in [-0.3, -0.25) is 9.78 Å². The van der Waals surface area contributed by atoms with Gasteiger partial charge in [-0.2, -0.15) is 0 Å². The summed E-state index contributed by atoms with van der Waals surface area (Å²) in [6.07, 6.45) is 7.14. The van der Waals surface area contributed by atoms with Crippen molar-refractivity contribution in [2.45, 2.75) is 31.0 Å². The van der Waals surface area contributed by atoms with Crippen LogP contribution in [0.1, 0.15) is 23.2 Å². The summed E-state index contributed by atoms with van der Waals surface area (Å²) in [6, 6.07) is 9.66. The predicted octanol–water partition coefficient (Wildman–Crippen LogP) is 1.64. The number of amides is 1. The maximum atomic E-state index is 12.5. The second-order valence-corrected chi connectivity index (χ2v) is 6.21. The lowest BCUT2D eigenvalue weighted by Gasteiger charge is -2.32. The van der Waals surface area contributed by atoms with Gasteiger partial charge in [-0.05, 0) is 37.1 Å². The maximum absolute atomic E-state index is 12.5. The molecule has 124 valence electrons. The summed E-state index contributed by atoms with van der Waals surface area (Å²) in [5.74, 6) is 0.833. The SMILES string of the molecule is O=C(N[C@@H]1CN(c2ccccn2)[C@@H]2CCCO[C@@H]21)c1cccnc1. The Bertz CT molecular complexity index is 695. The molecule has 0 unspecified atom stereocenters. The molecule has 2 aliphatic rings. The molecule has 1 amide bonds. The fourth-order valence-electron chi connectivity index (χ4n) is 3.62. The second-order valence-electron chi connectivity index (χ2n) is 6.21. The van der Waals surface area contributed by atoms with Gasteiger partial charge in [0.05, 0.1) is 23.8 Å². The first kappa shape index (κ1) is 15.1. The number of hydrogen-bond donors (Lipinski definition) is 1. The smallest absolute Gasteiger partial charge is 0.253 e. The quantitative estimate of drug-likeness (QED) is 0.930. The average molecular weight is 324 g/mol. The third-order valence-corrected chi connectivity index (χ3v) is 4.71. The van der Waals surface area contributed by atoms with Gasteiger partial charge < -0.3 is 15.0 Å². The monoisotopic (exact) mass is 324 g/mol. The van der Waals surface area contributed by atoms with E-state index in [0.717, 1.165) is 25.3 Å². The van der Waals surface area contributed by atoms with E-state index in [1.165, 1.54) is 0 Å². The van der Waals surface area contributed by atoms with Gasteiger partial charge in [0.25, 0.3) is 5.91 Å². The highest BCUT2D eigenvalue weighted by Gasteiger charge is 2.45. The zero-order valence-electron chi connectivity index (χ0n) is 13.3. The van der Waals surface area contributed by atoms with Crippen molar-refractivity contribution in [2.24, 2.45) is 0 Å². The normalized spacial score (nSPS) is 26.0. The first-order valence-electron chi connectivity index (χ1n) is 8.33. The van der Waals surface area contributed by atoms with Crippen LogP contribution < -0.4 is 10.2 Å². The molecule has 0 radical (unpaired) electrons. The predicted molar refractivity (Wildman–Crippen MR) is 89.8 cm³/mol. The highest BCUT2D eigenvalue weighted by Crippen LogP contribution is 2.32. The van der Waals surface area contributed by atoms with E-state index in [4.69, 9.17) is 4.74 Å². The molecule has 6 heteroatoms. The number of fused-ring (bicyclic) bond motifs is 1. The lowest BCUT2D eigenvalue weighted by atomic mass is 10.0. The molecular weight excluding hydrogens is 304 g/mol. The molecule has 4 heterocycles. The van der Waals surface area contributed by atoms with E-state index >= 15 is 0 Å². The molecule has 2 aromatic rings. The van der Waals surface area contributed by atoms with Crippen molar-refractivity contribution in [2.75, 3.05) is 18.1 Å². The van der Waals surface area contributed by atoms with Crippen molar-refractivity contribution in [3.8, 4) is 0 Å². The molecule has 6 nitrogen and oxygen atoms in total. The first-order chi connectivity index (χ1) is 11.8. The van der Waals surface area contributed by atoms with Crippen molar-refractivity contribution in [1.82, 2.24) is 15.3 Å². The first-order valence-corrected chi connectivity index (χ1v) is 8.33. The third kappa shape index (κ3) is 2.85. The Labute approximate surface area is 140 Å². The molecule has 0 spiro atoms. The van der Waals surface area contributed by atoms with Crippen LogP contribution in [0.4, 0.5) is 5.82 Å². The Hall–Kier alpha value is -2.47. The van der Waals surface area contributed by atoms with Crippen LogP contribution in [0.5, 0.6) is 0 Å². The summed E-state index contributed by atoms with van der Waals surface area (Å²) in [7, 11) is 0. The number of hydrogen-bond acceptors (Lipinski definition) is 5. The minimum absolute atomic E-state index is 0.00128. The summed E-state index contributed by atoms with van der Waals surface area (Å²) >= 11 is 0. The van der Waals surface area contributed by atoms with Gasteiger partial charge in [-0.15, -0.1) is 0 Å². The van der Waals surface area contributed by atoms with Gasteiger partial charge in [0.1, 0.15) is 5.82 Å². The zero-order valence-corrected chi connectivity index (χ0v) is 13.3. The Kier molecular flexibility index (Phi) is 4.13. The van der Waals surface area contributed by atoms with Gasteiger partial charge in [0.15, 0.2) is 0 Å². The third-order valence-electron chi connectivity index (χ3n) is 4.71. The van der Waals surface area contributed by atoms with Crippen molar-refractivity contribution in [3.05, 3.63) is 54.5 Å². The van der Waals surface area contributed by atoms with Crippen molar-refractivity contribution in [3.63, 3.8) is 0 Å². The summed E-state index contributed by atoms with van der Waals surface area (Å²) in [5, 5.41) is 3.12. The number of ether oxygens (including phenoxy) is 1. The number of nitrogens with one attached hydrogen (secondary N) is 1. The highest BCUT2D eigenvalue weighted by atomic mass is 16.5. The van der Waals surface area contributed by atoms with Crippen LogP contribution in [0, 0.1) is 0 Å². The molecule has 0 bridgehead atoms. The van der Waals surface area contributed by atoms with E-state index in [2.05, 4.69) is 20.2 Å². The Morgan fingerprint density at radius 2 is 2.21 bits per heavy atom. The van der Waals surface area contributed by atoms with Gasteiger partial charge in [0.2, 0.25) is 0 Å². The molecule has 2 aromatic heterocycles. The molecule has 1 N–H and O–H groups in total. The number of rotatable bonds is 3.